The maximum Gasteiger partial charge on any atom is 0.258 e. The van der Waals surface area contributed by atoms with Gasteiger partial charge in [-0.15, -0.1) is 0 Å². The Hall–Kier alpha value is -3.82. The molecule has 3 amide bonds. The summed E-state index contributed by atoms with van der Waals surface area (Å²) < 4.78 is 31.5. The summed E-state index contributed by atoms with van der Waals surface area (Å²) >= 11 is 0. The zero-order valence-electron chi connectivity index (χ0n) is 20.5. The molecule has 2 heterocycles. The summed E-state index contributed by atoms with van der Waals surface area (Å²) in [6.45, 7) is 4.09. The Bertz CT molecular complexity index is 1150. The molecule has 4 bridgehead atoms. The van der Waals surface area contributed by atoms with Crippen molar-refractivity contribution in [2.24, 2.45) is 5.92 Å². The molecule has 10 heteroatoms. The molecule has 2 aliphatic heterocycles. The fourth-order valence-corrected chi connectivity index (χ4v) is 4.35. The van der Waals surface area contributed by atoms with Crippen molar-refractivity contribution in [3.63, 3.8) is 0 Å². The molecule has 36 heavy (non-hydrogen) atoms. The molecule has 1 fully saturated rings. The highest BCUT2D eigenvalue weighted by Gasteiger charge is 2.35. The van der Waals surface area contributed by atoms with Gasteiger partial charge in [0.05, 0.1) is 13.2 Å². The fourth-order valence-electron chi connectivity index (χ4n) is 4.35. The average molecular weight is 500 g/mol. The lowest BCUT2D eigenvalue weighted by molar-refractivity contribution is -0.138. The number of carbonyl (C=O) groups excluding carboxylic acids is 3. The van der Waals surface area contributed by atoms with Crippen LogP contribution in [-0.2, 0) is 16.1 Å². The highest BCUT2D eigenvalue weighted by Crippen LogP contribution is 2.29. The smallest absolute Gasteiger partial charge is 0.258 e. The second-order valence-corrected chi connectivity index (χ2v) is 9.19. The Morgan fingerprint density at radius 1 is 1.19 bits per heavy atom. The van der Waals surface area contributed by atoms with Crippen LogP contribution < -0.4 is 24.8 Å². The molecule has 4 rings (SSSR count). The SMILES string of the molecule is COc1ccc2cc1OCC(=O)N[C@@H]1CN(C(=O)C(C)C)CC[C@@H]1Oc1cc(F)cc(c1)CNC2=O. The summed E-state index contributed by atoms with van der Waals surface area (Å²) in [4.78, 5) is 39.9. The zero-order valence-corrected chi connectivity index (χ0v) is 20.5. The predicted molar refractivity (Wildman–Crippen MR) is 128 cm³/mol. The van der Waals surface area contributed by atoms with Crippen LogP contribution in [0.25, 0.3) is 0 Å². The average Bonchev–Trinajstić information content (AvgIpc) is 2.85. The van der Waals surface area contributed by atoms with Crippen molar-refractivity contribution in [3.8, 4) is 17.2 Å². The minimum atomic E-state index is -0.537. The van der Waals surface area contributed by atoms with Gasteiger partial charge in [0.15, 0.2) is 18.1 Å². The van der Waals surface area contributed by atoms with Crippen LogP contribution >= 0.6 is 0 Å². The van der Waals surface area contributed by atoms with Gasteiger partial charge in [-0.05, 0) is 35.9 Å². The molecular formula is C26H30FN3O6. The van der Waals surface area contributed by atoms with Crippen molar-refractivity contribution < 1.29 is 33.0 Å². The van der Waals surface area contributed by atoms with Gasteiger partial charge in [0.25, 0.3) is 11.8 Å². The lowest BCUT2D eigenvalue weighted by atomic mass is 10.00. The molecule has 0 saturated carbocycles. The molecule has 0 unspecified atom stereocenters. The van der Waals surface area contributed by atoms with E-state index in [1.165, 1.54) is 25.3 Å². The highest BCUT2D eigenvalue weighted by molar-refractivity contribution is 5.95. The summed E-state index contributed by atoms with van der Waals surface area (Å²) in [5.41, 5.74) is 0.810. The summed E-state index contributed by atoms with van der Waals surface area (Å²) in [6, 6.07) is 8.33. The first kappa shape index (κ1) is 25.3. The molecule has 0 aromatic heterocycles. The number of hydrogen-bond donors (Lipinski definition) is 2. The maximum absolute atomic E-state index is 14.4. The highest BCUT2D eigenvalue weighted by atomic mass is 19.1. The van der Waals surface area contributed by atoms with Gasteiger partial charge in [0.2, 0.25) is 5.91 Å². The van der Waals surface area contributed by atoms with Crippen molar-refractivity contribution in [2.75, 3.05) is 26.8 Å². The molecule has 1 saturated heterocycles. The van der Waals surface area contributed by atoms with Gasteiger partial charge >= 0.3 is 0 Å². The third-order valence-electron chi connectivity index (χ3n) is 6.16. The van der Waals surface area contributed by atoms with Crippen molar-refractivity contribution in [2.45, 2.75) is 39.0 Å². The van der Waals surface area contributed by atoms with Crippen molar-refractivity contribution in [3.05, 3.63) is 53.3 Å². The first-order valence-electron chi connectivity index (χ1n) is 11.9. The second kappa shape index (κ2) is 10.8. The van der Waals surface area contributed by atoms with Crippen LogP contribution in [-0.4, -0.2) is 61.6 Å². The van der Waals surface area contributed by atoms with Crippen molar-refractivity contribution in [1.82, 2.24) is 15.5 Å². The molecule has 0 radical (unpaired) electrons. The number of fused-ring (bicyclic) bond motifs is 5. The van der Waals surface area contributed by atoms with Crippen molar-refractivity contribution >= 4 is 17.7 Å². The number of piperidine rings is 1. The van der Waals surface area contributed by atoms with E-state index in [4.69, 9.17) is 14.2 Å². The molecule has 2 atom stereocenters. The van der Waals surface area contributed by atoms with Gasteiger partial charge in [0.1, 0.15) is 17.7 Å². The predicted octanol–water partition coefficient (Wildman–Crippen LogP) is 2.28. The number of rotatable bonds is 2. The molecule has 192 valence electrons. The van der Waals surface area contributed by atoms with Gasteiger partial charge in [-0.3, -0.25) is 14.4 Å². The topological polar surface area (TPSA) is 106 Å². The van der Waals surface area contributed by atoms with Gasteiger partial charge < -0.3 is 29.7 Å². The standard InChI is InChI=1S/C26H30FN3O6/c1-15(2)26(33)30-7-6-21-20(13-30)29-24(31)14-35-23-10-17(4-5-22(23)34-3)25(32)28-12-16-8-18(27)11-19(9-16)36-21/h4-5,8-11,15,20-21H,6-7,12-14H2,1-3H3,(H,28,32)(H,29,31)/t20-,21+/m1/s1. The molecule has 2 aromatic rings. The molecule has 2 aromatic carbocycles. The molecule has 2 aliphatic rings. The van der Waals surface area contributed by atoms with E-state index < -0.39 is 29.8 Å². The third-order valence-corrected chi connectivity index (χ3v) is 6.16. The van der Waals surface area contributed by atoms with E-state index in [1.54, 1.807) is 23.1 Å². The second-order valence-electron chi connectivity index (χ2n) is 9.19. The van der Waals surface area contributed by atoms with Crippen molar-refractivity contribution in [1.29, 1.82) is 0 Å². The van der Waals surface area contributed by atoms with E-state index >= 15 is 0 Å². The van der Waals surface area contributed by atoms with E-state index in [-0.39, 0.29) is 43.0 Å². The first-order valence-corrected chi connectivity index (χ1v) is 11.9. The normalized spacial score (nSPS) is 20.4. The Morgan fingerprint density at radius 2 is 2.00 bits per heavy atom. The summed E-state index contributed by atoms with van der Waals surface area (Å²) in [5, 5.41) is 5.66. The number of carbonyl (C=O) groups is 3. The molecular weight excluding hydrogens is 469 g/mol. The molecule has 0 aliphatic carbocycles. The number of benzene rings is 2. The molecule has 9 nitrogen and oxygen atoms in total. The lowest BCUT2D eigenvalue weighted by Gasteiger charge is -2.39. The Kier molecular flexibility index (Phi) is 7.61. The fraction of sp³-hybridized carbons (Fsp3) is 0.423. The number of nitrogens with one attached hydrogen (secondary N) is 2. The number of likely N-dealkylation sites (tertiary alicyclic amines) is 1. The summed E-state index contributed by atoms with van der Waals surface area (Å²) in [5.74, 6) is -0.668. The Balaban J connectivity index is 1.66. The van der Waals surface area contributed by atoms with Crippen LogP contribution in [0.3, 0.4) is 0 Å². The number of ether oxygens (including phenoxy) is 3. The van der Waals surface area contributed by atoms with E-state index in [1.807, 2.05) is 13.8 Å². The molecule has 2 N–H and O–H groups in total. The number of halogens is 1. The summed E-state index contributed by atoms with van der Waals surface area (Å²) in [7, 11) is 1.46. The number of amides is 3. The summed E-state index contributed by atoms with van der Waals surface area (Å²) in [6.07, 6.45) is -0.0527. The lowest BCUT2D eigenvalue weighted by Crippen LogP contribution is -2.59. The third kappa shape index (κ3) is 5.87. The van der Waals surface area contributed by atoms with E-state index in [0.29, 0.717) is 29.8 Å². The van der Waals surface area contributed by atoms with E-state index in [2.05, 4.69) is 10.6 Å². The number of methoxy groups -OCH3 is 1. The number of nitrogens with zero attached hydrogens (tertiary/aromatic N) is 1. The minimum absolute atomic E-state index is 0.0172. The van der Waals surface area contributed by atoms with Crippen LogP contribution in [0.1, 0.15) is 36.2 Å². The van der Waals surface area contributed by atoms with Gasteiger partial charge in [-0.25, -0.2) is 4.39 Å². The molecule has 0 spiro atoms. The van der Waals surface area contributed by atoms with Crippen LogP contribution in [0.2, 0.25) is 0 Å². The minimum Gasteiger partial charge on any atom is -0.493 e. The van der Waals surface area contributed by atoms with E-state index in [9.17, 15) is 18.8 Å². The number of hydrogen-bond acceptors (Lipinski definition) is 6. The first-order chi connectivity index (χ1) is 17.2. The van der Waals surface area contributed by atoms with Gasteiger partial charge in [-0.1, -0.05) is 13.8 Å². The van der Waals surface area contributed by atoms with Crippen LogP contribution in [0, 0.1) is 11.7 Å². The van der Waals surface area contributed by atoms with Gasteiger partial charge in [-0.2, -0.15) is 0 Å². The Labute approximate surface area is 208 Å². The maximum atomic E-state index is 14.4. The zero-order chi connectivity index (χ0) is 25.8. The van der Waals surface area contributed by atoms with Crippen LogP contribution in [0.4, 0.5) is 4.39 Å². The van der Waals surface area contributed by atoms with Gasteiger partial charge in [0, 0.05) is 43.6 Å². The van der Waals surface area contributed by atoms with Crippen LogP contribution in [0.5, 0.6) is 17.2 Å². The largest absolute Gasteiger partial charge is 0.493 e. The monoisotopic (exact) mass is 499 g/mol. The van der Waals surface area contributed by atoms with E-state index in [0.717, 1.165) is 0 Å². The van der Waals surface area contributed by atoms with Crippen LogP contribution in [0.15, 0.2) is 36.4 Å². The quantitative estimate of drug-likeness (QED) is 0.657. The Morgan fingerprint density at radius 3 is 2.75 bits per heavy atom.